The molecule has 1 atom stereocenters. The summed E-state index contributed by atoms with van der Waals surface area (Å²) in [4.78, 5) is 28.6. The van der Waals surface area contributed by atoms with E-state index in [4.69, 9.17) is 0 Å². The third kappa shape index (κ3) is 3.16. The van der Waals surface area contributed by atoms with Crippen molar-refractivity contribution in [3.63, 3.8) is 0 Å². The number of nitrogens with one attached hydrogen (secondary N) is 2. The Morgan fingerprint density at radius 1 is 1.36 bits per heavy atom. The van der Waals surface area contributed by atoms with Crippen molar-refractivity contribution in [2.75, 3.05) is 0 Å². The summed E-state index contributed by atoms with van der Waals surface area (Å²) in [5.74, 6) is -0.0826. The highest BCUT2D eigenvalue weighted by Crippen LogP contribution is 2.37. The van der Waals surface area contributed by atoms with E-state index >= 15 is 0 Å². The van der Waals surface area contributed by atoms with Crippen molar-refractivity contribution in [2.45, 2.75) is 69.9 Å². The van der Waals surface area contributed by atoms with Gasteiger partial charge in [0.15, 0.2) is 0 Å². The van der Waals surface area contributed by atoms with Crippen LogP contribution in [0.1, 0.15) is 62.1 Å². The summed E-state index contributed by atoms with van der Waals surface area (Å²) in [7, 11) is 0. The Labute approximate surface area is 134 Å². The lowest BCUT2D eigenvalue weighted by molar-refractivity contribution is -0.127. The maximum Gasteiger partial charge on any atom is 0.243 e. The van der Waals surface area contributed by atoms with Crippen molar-refractivity contribution in [1.29, 1.82) is 0 Å². The summed E-state index contributed by atoms with van der Waals surface area (Å²) in [6.07, 6.45) is 7.55. The first-order chi connectivity index (χ1) is 10.6. The van der Waals surface area contributed by atoms with Crippen LogP contribution in [0, 0.1) is 6.92 Å². The molecule has 0 spiro atoms. The van der Waals surface area contributed by atoms with E-state index < -0.39 is 0 Å². The van der Waals surface area contributed by atoms with Gasteiger partial charge in [-0.3, -0.25) is 9.59 Å². The van der Waals surface area contributed by atoms with Crippen LogP contribution in [0.3, 0.4) is 0 Å². The zero-order valence-electron chi connectivity index (χ0n) is 13.0. The van der Waals surface area contributed by atoms with Gasteiger partial charge in [-0.05, 0) is 26.2 Å². The lowest BCUT2D eigenvalue weighted by Crippen LogP contribution is -2.51. The highest BCUT2D eigenvalue weighted by molar-refractivity contribution is 7.09. The average molecular weight is 321 g/mol. The Bertz CT molecular complexity index is 561. The van der Waals surface area contributed by atoms with Gasteiger partial charge in [0.1, 0.15) is 11.0 Å². The van der Waals surface area contributed by atoms with Crippen molar-refractivity contribution in [3.8, 4) is 0 Å². The molecule has 1 aromatic heterocycles. The Kier molecular flexibility index (Phi) is 4.47. The summed E-state index contributed by atoms with van der Waals surface area (Å²) in [6, 6.07) is -0.381. The fraction of sp³-hybridized carbons (Fsp3) is 0.688. The molecule has 0 bridgehead atoms. The van der Waals surface area contributed by atoms with E-state index in [-0.39, 0.29) is 23.4 Å². The van der Waals surface area contributed by atoms with Gasteiger partial charge in [0.05, 0.1) is 5.54 Å². The molecule has 0 aromatic carbocycles. The molecule has 22 heavy (non-hydrogen) atoms. The molecule has 2 fully saturated rings. The van der Waals surface area contributed by atoms with Crippen LogP contribution in [0.15, 0.2) is 5.38 Å². The van der Waals surface area contributed by atoms with E-state index in [1.165, 1.54) is 12.8 Å². The van der Waals surface area contributed by atoms with E-state index in [1.54, 1.807) is 11.3 Å². The second kappa shape index (κ2) is 6.36. The standard InChI is InChI=1S/C16H23N3O2S/c1-11-10-22-15(17-11)16(8-4-2-3-5-9-16)19-14(21)12-6-7-13(20)18-12/h10,12H,2-9H2,1H3,(H,18,20)(H,19,21)/t12-/m1/s1. The Morgan fingerprint density at radius 2 is 2.09 bits per heavy atom. The number of amides is 2. The lowest BCUT2D eigenvalue weighted by atomic mass is 9.90. The van der Waals surface area contributed by atoms with E-state index in [0.717, 1.165) is 36.4 Å². The number of thiazole rings is 1. The number of carbonyl (C=O) groups is 2. The molecule has 6 heteroatoms. The fourth-order valence-electron chi connectivity index (χ4n) is 3.43. The van der Waals surface area contributed by atoms with Gasteiger partial charge < -0.3 is 10.6 Å². The van der Waals surface area contributed by atoms with Gasteiger partial charge in [0, 0.05) is 17.5 Å². The van der Waals surface area contributed by atoms with Crippen LogP contribution in [-0.4, -0.2) is 22.8 Å². The molecule has 1 aliphatic carbocycles. The topological polar surface area (TPSA) is 71.1 Å². The van der Waals surface area contributed by atoms with Crippen molar-refractivity contribution in [2.24, 2.45) is 0 Å². The Balaban J connectivity index is 1.82. The summed E-state index contributed by atoms with van der Waals surface area (Å²) >= 11 is 1.64. The van der Waals surface area contributed by atoms with E-state index in [1.807, 2.05) is 12.3 Å². The molecule has 3 rings (SSSR count). The lowest BCUT2D eigenvalue weighted by Gasteiger charge is -2.33. The smallest absolute Gasteiger partial charge is 0.243 e. The third-order valence-electron chi connectivity index (χ3n) is 4.66. The summed E-state index contributed by atoms with van der Waals surface area (Å²) in [6.45, 7) is 1.99. The number of hydrogen-bond donors (Lipinski definition) is 2. The monoisotopic (exact) mass is 321 g/mol. The second-order valence-electron chi connectivity index (χ2n) is 6.44. The molecule has 0 unspecified atom stereocenters. The zero-order valence-corrected chi connectivity index (χ0v) is 13.8. The molecule has 2 heterocycles. The van der Waals surface area contributed by atoms with Gasteiger partial charge in [0.2, 0.25) is 11.8 Å². The van der Waals surface area contributed by atoms with Gasteiger partial charge in [-0.2, -0.15) is 0 Å². The molecule has 1 saturated heterocycles. The maximum absolute atomic E-state index is 12.6. The number of nitrogens with zero attached hydrogens (tertiary/aromatic N) is 1. The van der Waals surface area contributed by atoms with Crippen molar-refractivity contribution in [1.82, 2.24) is 15.6 Å². The van der Waals surface area contributed by atoms with Crippen LogP contribution in [0.2, 0.25) is 0 Å². The van der Waals surface area contributed by atoms with Crippen LogP contribution >= 0.6 is 11.3 Å². The fourth-order valence-corrected chi connectivity index (χ4v) is 4.44. The minimum Gasteiger partial charge on any atom is -0.344 e. The van der Waals surface area contributed by atoms with Gasteiger partial charge in [-0.15, -0.1) is 11.3 Å². The van der Waals surface area contributed by atoms with Crippen molar-refractivity contribution >= 4 is 23.2 Å². The van der Waals surface area contributed by atoms with Crippen LogP contribution in [0.4, 0.5) is 0 Å². The first-order valence-corrected chi connectivity index (χ1v) is 9.01. The first kappa shape index (κ1) is 15.5. The third-order valence-corrected chi connectivity index (χ3v) is 5.82. The zero-order chi connectivity index (χ0) is 15.6. The van der Waals surface area contributed by atoms with Crippen LogP contribution in [-0.2, 0) is 15.1 Å². The highest BCUT2D eigenvalue weighted by Gasteiger charge is 2.39. The largest absolute Gasteiger partial charge is 0.344 e. The van der Waals surface area contributed by atoms with Gasteiger partial charge in [-0.1, -0.05) is 25.7 Å². The quantitative estimate of drug-likeness (QED) is 0.840. The van der Waals surface area contributed by atoms with E-state index in [2.05, 4.69) is 15.6 Å². The maximum atomic E-state index is 12.6. The van der Waals surface area contributed by atoms with Crippen LogP contribution in [0.5, 0.6) is 0 Å². The Hall–Kier alpha value is -1.43. The predicted molar refractivity (Wildman–Crippen MR) is 85.5 cm³/mol. The number of aromatic nitrogens is 1. The predicted octanol–water partition coefficient (Wildman–Crippen LogP) is 2.40. The normalized spacial score (nSPS) is 24.6. The minimum atomic E-state index is -0.381. The summed E-state index contributed by atoms with van der Waals surface area (Å²) < 4.78 is 0. The Morgan fingerprint density at radius 3 is 2.64 bits per heavy atom. The molecule has 1 aromatic rings. The molecule has 1 saturated carbocycles. The molecule has 2 N–H and O–H groups in total. The second-order valence-corrected chi connectivity index (χ2v) is 7.30. The average Bonchev–Trinajstić information content (AvgIpc) is 3.04. The first-order valence-electron chi connectivity index (χ1n) is 8.13. The van der Waals surface area contributed by atoms with Gasteiger partial charge >= 0.3 is 0 Å². The van der Waals surface area contributed by atoms with Crippen molar-refractivity contribution in [3.05, 3.63) is 16.1 Å². The minimum absolute atomic E-state index is 0.0276. The number of hydrogen-bond acceptors (Lipinski definition) is 4. The molecule has 2 amide bonds. The van der Waals surface area contributed by atoms with Crippen molar-refractivity contribution < 1.29 is 9.59 Å². The highest BCUT2D eigenvalue weighted by atomic mass is 32.1. The summed E-state index contributed by atoms with van der Waals surface area (Å²) in [5.41, 5.74) is 0.659. The number of carbonyl (C=O) groups excluding carboxylic acids is 2. The molecule has 120 valence electrons. The summed E-state index contributed by atoms with van der Waals surface area (Å²) in [5, 5.41) is 9.09. The molecule has 5 nitrogen and oxygen atoms in total. The molecule has 0 radical (unpaired) electrons. The molecule has 1 aliphatic heterocycles. The molecular weight excluding hydrogens is 298 g/mol. The number of rotatable bonds is 3. The molecular formula is C16H23N3O2S. The van der Waals surface area contributed by atoms with E-state index in [9.17, 15) is 9.59 Å². The SMILES string of the molecule is Cc1csc(C2(NC(=O)[C@H]3CCC(=O)N3)CCCCCC2)n1. The number of aryl methyl sites for hydroxylation is 1. The van der Waals surface area contributed by atoms with Crippen LogP contribution < -0.4 is 10.6 Å². The molecule has 2 aliphatic rings. The van der Waals surface area contributed by atoms with Gasteiger partial charge in [-0.25, -0.2) is 4.98 Å². The van der Waals surface area contributed by atoms with E-state index in [0.29, 0.717) is 12.8 Å². The van der Waals surface area contributed by atoms with Gasteiger partial charge in [0.25, 0.3) is 0 Å². The van der Waals surface area contributed by atoms with Crippen LogP contribution in [0.25, 0.3) is 0 Å².